The van der Waals surface area contributed by atoms with Crippen LogP contribution in [0.15, 0.2) is 49.2 Å². The van der Waals surface area contributed by atoms with Crippen molar-refractivity contribution in [2.24, 2.45) is 7.05 Å². The van der Waals surface area contributed by atoms with Crippen LogP contribution in [0, 0.1) is 0 Å². The van der Waals surface area contributed by atoms with Crippen molar-refractivity contribution in [1.29, 1.82) is 0 Å². The van der Waals surface area contributed by atoms with Gasteiger partial charge < -0.3 is 15.2 Å². The van der Waals surface area contributed by atoms with Gasteiger partial charge in [0.2, 0.25) is 5.13 Å². The molecule has 4 heterocycles. The van der Waals surface area contributed by atoms with Crippen LogP contribution in [0.2, 0.25) is 5.02 Å². The summed E-state index contributed by atoms with van der Waals surface area (Å²) in [6.07, 6.45) is 6.45. The lowest BCUT2D eigenvalue weighted by Gasteiger charge is -2.05. The van der Waals surface area contributed by atoms with E-state index in [4.69, 9.17) is 11.6 Å². The molecule has 0 unspecified atom stereocenters. The molecule has 3 N–H and O–H groups in total. The lowest BCUT2D eigenvalue weighted by atomic mass is 10.2. The number of hydrogen-bond acceptors (Lipinski definition) is 8. The van der Waals surface area contributed by atoms with Crippen LogP contribution in [-0.4, -0.2) is 40.0 Å². The fraction of sp³-hybridized carbons (Fsp3) is 0.0526. The molecule has 5 aromatic rings. The van der Waals surface area contributed by atoms with E-state index < -0.39 is 0 Å². The summed E-state index contributed by atoms with van der Waals surface area (Å²) in [6.45, 7) is 0. The van der Waals surface area contributed by atoms with Gasteiger partial charge in [0.1, 0.15) is 11.5 Å². The molecule has 0 fully saturated rings. The van der Waals surface area contributed by atoms with Gasteiger partial charge in [0.15, 0.2) is 5.82 Å². The van der Waals surface area contributed by atoms with Crippen LogP contribution in [0.1, 0.15) is 10.5 Å². The summed E-state index contributed by atoms with van der Waals surface area (Å²) in [6, 6.07) is 7.21. The standard InChI is InChI=1S/C19H14ClN9OS/c1-29-8-14(22-9-29)18(30)25-15-6-10(4-5-21-15)17-26-19(31-28-17)24-13-3-2-12-11(16(13)20)7-23-27-12/h2-9H,1H3,(H,23,27)(H,21,25,30)(H,24,26,28). The van der Waals surface area contributed by atoms with E-state index in [0.717, 1.165) is 10.9 Å². The van der Waals surface area contributed by atoms with Crippen molar-refractivity contribution >= 4 is 56.6 Å². The van der Waals surface area contributed by atoms with E-state index in [-0.39, 0.29) is 5.91 Å². The van der Waals surface area contributed by atoms with E-state index in [1.165, 1.54) is 11.5 Å². The minimum atomic E-state index is -0.344. The van der Waals surface area contributed by atoms with Crippen LogP contribution >= 0.6 is 23.1 Å². The number of hydrogen-bond donors (Lipinski definition) is 3. The Bertz CT molecular complexity index is 1410. The number of pyridine rings is 1. The molecular formula is C19H14ClN9OS. The van der Waals surface area contributed by atoms with Crippen molar-refractivity contribution in [2.75, 3.05) is 10.6 Å². The van der Waals surface area contributed by atoms with Crippen LogP contribution in [0.3, 0.4) is 0 Å². The molecule has 0 aliphatic heterocycles. The maximum atomic E-state index is 12.3. The number of rotatable bonds is 5. The van der Waals surface area contributed by atoms with Gasteiger partial charge in [0.25, 0.3) is 5.91 Å². The zero-order valence-corrected chi connectivity index (χ0v) is 17.6. The van der Waals surface area contributed by atoms with E-state index in [2.05, 4.69) is 40.2 Å². The lowest BCUT2D eigenvalue weighted by molar-refractivity contribution is 0.102. The van der Waals surface area contributed by atoms with E-state index in [1.807, 2.05) is 12.1 Å². The molecule has 0 saturated carbocycles. The molecular weight excluding hydrogens is 438 g/mol. The third-order valence-electron chi connectivity index (χ3n) is 4.42. The number of halogens is 1. The van der Waals surface area contributed by atoms with Crippen molar-refractivity contribution in [1.82, 2.24) is 34.1 Å². The number of carbonyl (C=O) groups is 1. The first-order valence-corrected chi connectivity index (χ1v) is 10.2. The van der Waals surface area contributed by atoms with Crippen LogP contribution in [-0.2, 0) is 7.05 Å². The van der Waals surface area contributed by atoms with Gasteiger partial charge in [0.05, 0.1) is 28.8 Å². The number of amides is 1. The second-order valence-electron chi connectivity index (χ2n) is 6.61. The van der Waals surface area contributed by atoms with Gasteiger partial charge in [-0.1, -0.05) is 11.6 Å². The van der Waals surface area contributed by atoms with E-state index in [0.29, 0.717) is 38.7 Å². The van der Waals surface area contributed by atoms with Crippen molar-refractivity contribution < 1.29 is 4.79 Å². The first-order chi connectivity index (χ1) is 15.1. The Balaban J connectivity index is 1.35. The van der Waals surface area contributed by atoms with Crippen LogP contribution < -0.4 is 10.6 Å². The Kier molecular flexibility index (Phi) is 4.81. The molecule has 10 nitrogen and oxygen atoms in total. The van der Waals surface area contributed by atoms with Gasteiger partial charge in [-0.3, -0.25) is 9.89 Å². The summed E-state index contributed by atoms with van der Waals surface area (Å²) in [5, 5.41) is 14.7. The van der Waals surface area contributed by atoms with Crippen molar-refractivity contribution in [3.05, 3.63) is 59.9 Å². The fourth-order valence-electron chi connectivity index (χ4n) is 2.93. The first kappa shape index (κ1) is 19.2. The fourth-order valence-corrected chi connectivity index (χ4v) is 3.80. The molecule has 0 bridgehead atoms. The molecule has 5 rings (SSSR count). The van der Waals surface area contributed by atoms with Crippen LogP contribution in [0.4, 0.5) is 16.6 Å². The molecule has 12 heteroatoms. The normalized spacial score (nSPS) is 11.0. The third-order valence-corrected chi connectivity index (χ3v) is 5.46. The minimum Gasteiger partial charge on any atom is -0.340 e. The van der Waals surface area contributed by atoms with Gasteiger partial charge in [-0.2, -0.15) is 14.5 Å². The Hall–Kier alpha value is -3.83. The quantitative estimate of drug-likeness (QED) is 0.370. The average molecular weight is 452 g/mol. The Morgan fingerprint density at radius 1 is 1.26 bits per heavy atom. The number of nitrogens with one attached hydrogen (secondary N) is 3. The van der Waals surface area contributed by atoms with Crippen molar-refractivity contribution in [3.63, 3.8) is 0 Å². The SMILES string of the molecule is Cn1cnc(C(=O)Nc2cc(-c3nsc(Nc4ccc5[nH]ncc5c4Cl)n3)ccn2)c1. The Morgan fingerprint density at radius 3 is 3.00 bits per heavy atom. The van der Waals surface area contributed by atoms with Gasteiger partial charge in [-0.25, -0.2) is 9.97 Å². The summed E-state index contributed by atoms with van der Waals surface area (Å²) < 4.78 is 6.09. The molecule has 0 spiro atoms. The summed E-state index contributed by atoms with van der Waals surface area (Å²) in [5.74, 6) is 0.540. The molecule has 0 aliphatic rings. The van der Waals surface area contributed by atoms with Crippen LogP contribution in [0.5, 0.6) is 0 Å². The monoisotopic (exact) mass is 451 g/mol. The summed E-state index contributed by atoms with van der Waals surface area (Å²) in [5.41, 5.74) is 2.58. The van der Waals surface area contributed by atoms with Gasteiger partial charge in [-0.05, 0) is 24.3 Å². The topological polar surface area (TPSA) is 126 Å². The third kappa shape index (κ3) is 3.83. The number of H-pyrrole nitrogens is 1. The first-order valence-electron chi connectivity index (χ1n) is 9.05. The summed E-state index contributed by atoms with van der Waals surface area (Å²) in [4.78, 5) is 25.0. The molecule has 31 heavy (non-hydrogen) atoms. The highest BCUT2D eigenvalue weighted by Gasteiger charge is 2.13. The van der Waals surface area contributed by atoms with Crippen molar-refractivity contribution in [2.45, 2.75) is 0 Å². The van der Waals surface area contributed by atoms with Gasteiger partial charge in [0, 0.05) is 41.9 Å². The highest BCUT2D eigenvalue weighted by atomic mass is 35.5. The number of anilines is 3. The molecule has 0 atom stereocenters. The van der Waals surface area contributed by atoms with E-state index in [9.17, 15) is 4.79 Å². The number of fused-ring (bicyclic) bond motifs is 1. The summed E-state index contributed by atoms with van der Waals surface area (Å²) in [7, 11) is 1.79. The second kappa shape index (κ2) is 7.78. The molecule has 1 aromatic carbocycles. The molecule has 1 amide bonds. The number of aryl methyl sites for hydroxylation is 1. The smallest absolute Gasteiger partial charge is 0.276 e. The lowest BCUT2D eigenvalue weighted by Crippen LogP contribution is -2.13. The second-order valence-corrected chi connectivity index (χ2v) is 7.74. The highest BCUT2D eigenvalue weighted by Crippen LogP contribution is 2.33. The number of imidazole rings is 1. The maximum Gasteiger partial charge on any atom is 0.276 e. The molecule has 0 radical (unpaired) electrons. The highest BCUT2D eigenvalue weighted by molar-refractivity contribution is 7.10. The average Bonchev–Trinajstić information content (AvgIpc) is 3.51. The van der Waals surface area contributed by atoms with Crippen LogP contribution in [0.25, 0.3) is 22.3 Å². The minimum absolute atomic E-state index is 0.305. The number of benzene rings is 1. The maximum absolute atomic E-state index is 12.3. The number of aromatic nitrogens is 7. The van der Waals surface area contributed by atoms with E-state index in [1.54, 1.807) is 48.7 Å². The predicted octanol–water partition coefficient (Wildman–Crippen LogP) is 3.86. The molecule has 4 aromatic heterocycles. The van der Waals surface area contributed by atoms with Crippen molar-refractivity contribution in [3.8, 4) is 11.4 Å². The largest absolute Gasteiger partial charge is 0.340 e. The van der Waals surface area contributed by atoms with Gasteiger partial charge >= 0.3 is 0 Å². The predicted molar refractivity (Wildman–Crippen MR) is 119 cm³/mol. The van der Waals surface area contributed by atoms with E-state index >= 15 is 0 Å². The number of carbonyl (C=O) groups excluding carboxylic acids is 1. The Morgan fingerprint density at radius 2 is 2.16 bits per heavy atom. The number of aromatic amines is 1. The molecule has 154 valence electrons. The molecule has 0 aliphatic carbocycles. The number of nitrogens with zero attached hydrogens (tertiary/aromatic N) is 6. The zero-order valence-electron chi connectivity index (χ0n) is 16.0. The molecule has 0 saturated heterocycles. The van der Waals surface area contributed by atoms with Gasteiger partial charge in [-0.15, -0.1) is 0 Å². The Labute approximate surface area is 184 Å². The summed E-state index contributed by atoms with van der Waals surface area (Å²) >= 11 is 7.66. The zero-order chi connectivity index (χ0) is 21.4.